The number of hydrogen-bond donors (Lipinski definition) is 0. The summed E-state index contributed by atoms with van der Waals surface area (Å²) in [5.41, 5.74) is 0.551. The standard InChI is InChI=1S/C13H16N2O3S/c1-10-9-19-7-6-14(10)8-13(16)11-2-4-12(5-3-11)15(17)18/h2-5,10H,6-9H2,1H3. The highest BCUT2D eigenvalue weighted by molar-refractivity contribution is 7.99. The maximum Gasteiger partial charge on any atom is 0.269 e. The van der Waals surface area contributed by atoms with Crippen LogP contribution in [0.5, 0.6) is 0 Å². The van der Waals surface area contributed by atoms with Crippen LogP contribution in [0.2, 0.25) is 0 Å². The van der Waals surface area contributed by atoms with Gasteiger partial charge in [-0.15, -0.1) is 0 Å². The second-order valence-corrected chi connectivity index (χ2v) is 5.77. The molecule has 0 spiro atoms. The van der Waals surface area contributed by atoms with Crippen LogP contribution in [0.25, 0.3) is 0 Å². The normalized spacial score (nSPS) is 20.2. The van der Waals surface area contributed by atoms with Gasteiger partial charge in [-0.3, -0.25) is 19.8 Å². The molecular formula is C13H16N2O3S. The molecule has 1 saturated heterocycles. The van der Waals surface area contributed by atoms with Gasteiger partial charge in [0, 0.05) is 41.8 Å². The van der Waals surface area contributed by atoms with Gasteiger partial charge in [0.25, 0.3) is 5.69 Å². The molecule has 1 aromatic carbocycles. The van der Waals surface area contributed by atoms with Crippen LogP contribution in [0, 0.1) is 10.1 Å². The van der Waals surface area contributed by atoms with E-state index in [0.717, 1.165) is 18.1 Å². The zero-order valence-electron chi connectivity index (χ0n) is 10.7. The van der Waals surface area contributed by atoms with Gasteiger partial charge in [-0.1, -0.05) is 0 Å². The molecule has 0 aliphatic carbocycles. The largest absolute Gasteiger partial charge is 0.293 e. The van der Waals surface area contributed by atoms with Gasteiger partial charge in [0.2, 0.25) is 0 Å². The molecular weight excluding hydrogens is 264 g/mol. The maximum absolute atomic E-state index is 12.1. The minimum absolute atomic E-state index is 0.0132. The van der Waals surface area contributed by atoms with E-state index in [1.54, 1.807) is 0 Å². The van der Waals surface area contributed by atoms with E-state index in [4.69, 9.17) is 0 Å². The van der Waals surface area contributed by atoms with E-state index in [2.05, 4.69) is 11.8 Å². The van der Waals surface area contributed by atoms with Gasteiger partial charge in [-0.25, -0.2) is 0 Å². The lowest BCUT2D eigenvalue weighted by molar-refractivity contribution is -0.384. The summed E-state index contributed by atoms with van der Waals surface area (Å²) in [6.45, 7) is 3.43. The Morgan fingerprint density at radius 1 is 1.47 bits per heavy atom. The van der Waals surface area contributed by atoms with E-state index < -0.39 is 4.92 Å². The zero-order chi connectivity index (χ0) is 13.8. The molecule has 19 heavy (non-hydrogen) atoms. The summed E-state index contributed by atoms with van der Waals surface area (Å²) in [5, 5.41) is 10.6. The fourth-order valence-corrected chi connectivity index (χ4v) is 3.12. The summed E-state index contributed by atoms with van der Waals surface area (Å²) in [7, 11) is 0. The Hall–Kier alpha value is -1.40. The first-order chi connectivity index (χ1) is 9.08. The summed E-state index contributed by atoms with van der Waals surface area (Å²) in [6.07, 6.45) is 0. The van der Waals surface area contributed by atoms with Crippen molar-refractivity contribution in [2.24, 2.45) is 0 Å². The molecule has 1 fully saturated rings. The lowest BCUT2D eigenvalue weighted by Crippen LogP contribution is -2.43. The monoisotopic (exact) mass is 280 g/mol. The van der Waals surface area contributed by atoms with Crippen molar-refractivity contribution in [2.45, 2.75) is 13.0 Å². The van der Waals surface area contributed by atoms with Crippen LogP contribution in [0.4, 0.5) is 5.69 Å². The SMILES string of the molecule is CC1CSCCN1CC(=O)c1ccc([N+](=O)[O-])cc1. The molecule has 0 N–H and O–H groups in total. The molecule has 0 bridgehead atoms. The molecule has 0 saturated carbocycles. The van der Waals surface area contributed by atoms with E-state index in [-0.39, 0.29) is 11.5 Å². The van der Waals surface area contributed by atoms with Crippen molar-refractivity contribution in [3.8, 4) is 0 Å². The number of hydrogen-bond acceptors (Lipinski definition) is 5. The Morgan fingerprint density at radius 2 is 2.16 bits per heavy atom. The molecule has 1 aliphatic heterocycles. The number of benzene rings is 1. The molecule has 6 heteroatoms. The number of non-ortho nitro benzene ring substituents is 1. The molecule has 0 amide bonds. The number of carbonyl (C=O) groups is 1. The number of nitro groups is 1. The molecule has 2 rings (SSSR count). The number of nitrogens with zero attached hydrogens (tertiary/aromatic N) is 2. The Labute approximate surface area is 116 Å². The molecule has 102 valence electrons. The van der Waals surface area contributed by atoms with Crippen LogP contribution in [0.15, 0.2) is 24.3 Å². The first-order valence-corrected chi connectivity index (χ1v) is 7.33. The van der Waals surface area contributed by atoms with E-state index in [1.807, 2.05) is 11.8 Å². The van der Waals surface area contributed by atoms with Gasteiger partial charge in [-0.2, -0.15) is 11.8 Å². The van der Waals surface area contributed by atoms with E-state index >= 15 is 0 Å². The average molecular weight is 280 g/mol. The van der Waals surface area contributed by atoms with Crippen molar-refractivity contribution in [3.63, 3.8) is 0 Å². The number of nitro benzene ring substituents is 1. The number of ketones is 1. The molecule has 0 radical (unpaired) electrons. The molecule has 5 nitrogen and oxygen atoms in total. The fraction of sp³-hybridized carbons (Fsp3) is 0.462. The summed E-state index contributed by atoms with van der Waals surface area (Å²) in [5.74, 6) is 2.12. The number of rotatable bonds is 4. The van der Waals surface area contributed by atoms with Gasteiger partial charge >= 0.3 is 0 Å². The second-order valence-electron chi connectivity index (χ2n) is 4.62. The molecule has 1 unspecified atom stereocenters. The molecule has 0 aromatic heterocycles. The molecule has 1 aliphatic rings. The van der Waals surface area contributed by atoms with E-state index in [0.29, 0.717) is 18.2 Å². The van der Waals surface area contributed by atoms with Gasteiger partial charge in [0.1, 0.15) is 0 Å². The van der Waals surface area contributed by atoms with Crippen LogP contribution in [0.1, 0.15) is 17.3 Å². The zero-order valence-corrected chi connectivity index (χ0v) is 11.6. The Bertz CT molecular complexity index is 475. The minimum Gasteiger partial charge on any atom is -0.293 e. The van der Waals surface area contributed by atoms with Crippen molar-refractivity contribution in [1.29, 1.82) is 0 Å². The van der Waals surface area contributed by atoms with Crippen molar-refractivity contribution in [3.05, 3.63) is 39.9 Å². The Balaban J connectivity index is 2.01. The predicted molar refractivity (Wildman–Crippen MR) is 75.8 cm³/mol. The first kappa shape index (κ1) is 14.0. The number of Topliss-reactive ketones (excluding diaryl/α,β-unsaturated/α-hetero) is 1. The third-order valence-corrected chi connectivity index (χ3v) is 4.44. The fourth-order valence-electron chi connectivity index (χ4n) is 2.04. The minimum atomic E-state index is -0.460. The van der Waals surface area contributed by atoms with Gasteiger partial charge < -0.3 is 0 Å². The third kappa shape index (κ3) is 3.54. The van der Waals surface area contributed by atoms with Gasteiger partial charge in [0.05, 0.1) is 11.5 Å². The van der Waals surface area contributed by atoms with Crippen molar-refractivity contribution >= 4 is 23.2 Å². The van der Waals surface area contributed by atoms with E-state index in [9.17, 15) is 14.9 Å². The van der Waals surface area contributed by atoms with E-state index in [1.165, 1.54) is 24.3 Å². The van der Waals surface area contributed by atoms with Crippen LogP contribution in [0.3, 0.4) is 0 Å². The van der Waals surface area contributed by atoms with Crippen molar-refractivity contribution < 1.29 is 9.72 Å². The number of thioether (sulfide) groups is 1. The lowest BCUT2D eigenvalue weighted by atomic mass is 10.1. The Kier molecular flexibility index (Phi) is 4.55. The summed E-state index contributed by atoms with van der Waals surface area (Å²) < 4.78 is 0. The molecule has 1 aromatic rings. The third-order valence-electron chi connectivity index (χ3n) is 3.25. The Morgan fingerprint density at radius 3 is 2.74 bits per heavy atom. The smallest absolute Gasteiger partial charge is 0.269 e. The summed E-state index contributed by atoms with van der Waals surface area (Å²) >= 11 is 1.91. The first-order valence-electron chi connectivity index (χ1n) is 6.17. The number of carbonyl (C=O) groups excluding carboxylic acids is 1. The summed E-state index contributed by atoms with van der Waals surface area (Å²) in [6, 6.07) is 6.22. The summed E-state index contributed by atoms with van der Waals surface area (Å²) in [4.78, 5) is 24.4. The average Bonchev–Trinajstić information content (AvgIpc) is 2.41. The van der Waals surface area contributed by atoms with Crippen LogP contribution < -0.4 is 0 Å². The van der Waals surface area contributed by atoms with Crippen molar-refractivity contribution in [1.82, 2.24) is 4.90 Å². The van der Waals surface area contributed by atoms with Crippen LogP contribution in [-0.2, 0) is 0 Å². The highest BCUT2D eigenvalue weighted by Crippen LogP contribution is 2.17. The molecule has 1 heterocycles. The quantitative estimate of drug-likeness (QED) is 0.481. The highest BCUT2D eigenvalue weighted by Gasteiger charge is 2.21. The predicted octanol–water partition coefficient (Wildman–Crippen LogP) is 2.21. The van der Waals surface area contributed by atoms with Gasteiger partial charge in [-0.05, 0) is 19.1 Å². The topological polar surface area (TPSA) is 63.5 Å². The lowest BCUT2D eigenvalue weighted by Gasteiger charge is -2.32. The van der Waals surface area contributed by atoms with Gasteiger partial charge in [0.15, 0.2) is 5.78 Å². The maximum atomic E-state index is 12.1. The van der Waals surface area contributed by atoms with Crippen LogP contribution >= 0.6 is 11.8 Å². The van der Waals surface area contributed by atoms with Crippen LogP contribution in [-0.4, -0.2) is 46.2 Å². The molecule has 1 atom stereocenters. The highest BCUT2D eigenvalue weighted by atomic mass is 32.2. The van der Waals surface area contributed by atoms with Crippen molar-refractivity contribution in [2.75, 3.05) is 24.6 Å². The second kappa shape index (κ2) is 6.16.